The van der Waals surface area contributed by atoms with E-state index in [0.717, 1.165) is 46.4 Å². The monoisotopic (exact) mass is 655 g/mol. The van der Waals surface area contributed by atoms with E-state index in [9.17, 15) is 18.0 Å². The Labute approximate surface area is 257 Å². The maximum absolute atomic E-state index is 14.2. The molecular formula is C32H38BrN3O5S. The van der Waals surface area contributed by atoms with Gasteiger partial charge in [-0.2, -0.15) is 0 Å². The topological polar surface area (TPSA) is 96.0 Å². The first-order valence-corrected chi connectivity index (χ1v) is 16.5. The van der Waals surface area contributed by atoms with Crippen LogP contribution in [-0.2, 0) is 26.2 Å². The van der Waals surface area contributed by atoms with E-state index in [-0.39, 0.29) is 23.4 Å². The van der Waals surface area contributed by atoms with E-state index >= 15 is 0 Å². The van der Waals surface area contributed by atoms with Gasteiger partial charge in [-0.3, -0.25) is 13.9 Å². The largest absolute Gasteiger partial charge is 0.497 e. The molecule has 0 spiro atoms. The molecule has 0 saturated heterocycles. The minimum atomic E-state index is -4.10. The van der Waals surface area contributed by atoms with Gasteiger partial charge in [0.2, 0.25) is 11.8 Å². The second kappa shape index (κ2) is 14.7. The van der Waals surface area contributed by atoms with Crippen molar-refractivity contribution in [1.82, 2.24) is 10.2 Å². The Morgan fingerprint density at radius 2 is 1.67 bits per heavy atom. The number of methoxy groups -OCH3 is 1. The molecule has 1 atom stereocenters. The number of nitrogens with zero attached hydrogens (tertiary/aromatic N) is 2. The molecule has 42 heavy (non-hydrogen) atoms. The summed E-state index contributed by atoms with van der Waals surface area (Å²) in [5, 5.41) is 3.17. The molecule has 1 N–H and O–H groups in total. The highest BCUT2D eigenvalue weighted by Crippen LogP contribution is 2.27. The number of benzene rings is 3. The van der Waals surface area contributed by atoms with Crippen LogP contribution in [-0.4, -0.2) is 50.9 Å². The number of hydrogen-bond acceptors (Lipinski definition) is 5. The fourth-order valence-corrected chi connectivity index (χ4v) is 6.99. The summed E-state index contributed by atoms with van der Waals surface area (Å²) in [5.41, 5.74) is 1.11. The molecule has 1 aliphatic carbocycles. The third-order valence-corrected chi connectivity index (χ3v) is 9.87. The Kier molecular flexibility index (Phi) is 11.0. The first-order chi connectivity index (χ1) is 20.2. The van der Waals surface area contributed by atoms with Crippen molar-refractivity contribution in [2.45, 2.75) is 69.0 Å². The van der Waals surface area contributed by atoms with Crippen molar-refractivity contribution in [3.05, 3.63) is 88.9 Å². The molecule has 0 heterocycles. The average molecular weight is 657 g/mol. The van der Waals surface area contributed by atoms with Crippen LogP contribution in [0.15, 0.2) is 88.2 Å². The molecule has 3 aromatic carbocycles. The van der Waals surface area contributed by atoms with Crippen molar-refractivity contribution < 1.29 is 22.7 Å². The number of halogens is 1. The number of hydrogen-bond donors (Lipinski definition) is 1. The van der Waals surface area contributed by atoms with Crippen molar-refractivity contribution >= 4 is 43.5 Å². The van der Waals surface area contributed by atoms with Crippen molar-refractivity contribution in [3.63, 3.8) is 0 Å². The van der Waals surface area contributed by atoms with Gasteiger partial charge in [0.25, 0.3) is 10.0 Å². The summed E-state index contributed by atoms with van der Waals surface area (Å²) in [5.74, 6) is -0.0737. The molecule has 1 aliphatic rings. The van der Waals surface area contributed by atoms with E-state index in [1.807, 2.05) is 31.2 Å². The quantitative estimate of drug-likeness (QED) is 0.262. The van der Waals surface area contributed by atoms with E-state index in [4.69, 9.17) is 4.74 Å². The number of rotatable bonds is 12. The van der Waals surface area contributed by atoms with Crippen LogP contribution < -0.4 is 14.4 Å². The number of carbonyl (C=O) groups excluding carboxylic acids is 2. The molecule has 0 bridgehead atoms. The fourth-order valence-electron chi connectivity index (χ4n) is 5.29. The highest BCUT2D eigenvalue weighted by molar-refractivity contribution is 9.10. The van der Waals surface area contributed by atoms with E-state index in [0.29, 0.717) is 17.9 Å². The second-order valence-electron chi connectivity index (χ2n) is 10.4. The summed E-state index contributed by atoms with van der Waals surface area (Å²) in [4.78, 5) is 29.4. The number of ether oxygens (including phenoxy) is 1. The van der Waals surface area contributed by atoms with Crippen LogP contribution in [0.2, 0.25) is 0 Å². The summed E-state index contributed by atoms with van der Waals surface area (Å²) < 4.78 is 35.1. The zero-order chi connectivity index (χ0) is 30.1. The third kappa shape index (κ3) is 7.92. The van der Waals surface area contributed by atoms with Gasteiger partial charge in [0, 0.05) is 17.1 Å². The molecule has 0 radical (unpaired) electrons. The van der Waals surface area contributed by atoms with Gasteiger partial charge in [0.05, 0.1) is 17.7 Å². The summed E-state index contributed by atoms with van der Waals surface area (Å²) in [6.07, 6.45) is 5.49. The van der Waals surface area contributed by atoms with E-state index in [1.54, 1.807) is 49.6 Å². The summed E-state index contributed by atoms with van der Waals surface area (Å²) in [6, 6.07) is 21.4. The molecule has 224 valence electrons. The maximum Gasteiger partial charge on any atom is 0.264 e. The van der Waals surface area contributed by atoms with Gasteiger partial charge in [0.15, 0.2) is 0 Å². The number of amides is 2. The summed E-state index contributed by atoms with van der Waals surface area (Å²) in [6.45, 7) is 1.51. The lowest BCUT2D eigenvalue weighted by Gasteiger charge is -2.34. The zero-order valence-electron chi connectivity index (χ0n) is 24.0. The smallest absolute Gasteiger partial charge is 0.264 e. The molecule has 3 aromatic rings. The Balaban J connectivity index is 1.70. The van der Waals surface area contributed by atoms with Crippen LogP contribution in [0, 0.1) is 0 Å². The Bertz CT molecular complexity index is 1440. The van der Waals surface area contributed by atoms with Crippen LogP contribution in [0.3, 0.4) is 0 Å². The Morgan fingerprint density at radius 3 is 2.31 bits per heavy atom. The molecule has 0 unspecified atom stereocenters. The predicted molar refractivity (Wildman–Crippen MR) is 168 cm³/mol. The second-order valence-corrected chi connectivity index (χ2v) is 13.2. The Hall–Kier alpha value is -3.37. The van der Waals surface area contributed by atoms with Gasteiger partial charge < -0.3 is 15.0 Å². The first kappa shape index (κ1) is 31.6. The van der Waals surface area contributed by atoms with Gasteiger partial charge in [-0.25, -0.2) is 8.42 Å². The highest BCUT2D eigenvalue weighted by Gasteiger charge is 2.34. The molecule has 10 heteroatoms. The van der Waals surface area contributed by atoms with Gasteiger partial charge in [-0.05, 0) is 73.4 Å². The number of anilines is 1. The van der Waals surface area contributed by atoms with Crippen LogP contribution in [0.4, 0.5) is 5.69 Å². The number of nitrogens with one attached hydrogen (secondary N) is 1. The molecule has 0 aromatic heterocycles. The minimum absolute atomic E-state index is 0.0714. The van der Waals surface area contributed by atoms with E-state index in [2.05, 4.69) is 21.2 Å². The van der Waals surface area contributed by atoms with Crippen molar-refractivity contribution in [2.75, 3.05) is 18.0 Å². The van der Waals surface area contributed by atoms with Crippen LogP contribution >= 0.6 is 15.9 Å². The van der Waals surface area contributed by atoms with Crippen molar-refractivity contribution in [1.29, 1.82) is 0 Å². The highest BCUT2D eigenvalue weighted by atomic mass is 79.9. The van der Waals surface area contributed by atoms with E-state index in [1.165, 1.54) is 17.0 Å². The summed E-state index contributed by atoms with van der Waals surface area (Å²) >= 11 is 3.40. The van der Waals surface area contributed by atoms with Crippen LogP contribution in [0.5, 0.6) is 5.75 Å². The number of sulfonamides is 1. The predicted octanol–water partition coefficient (Wildman–Crippen LogP) is 5.91. The lowest BCUT2D eigenvalue weighted by atomic mass is 9.95. The first-order valence-electron chi connectivity index (χ1n) is 14.3. The van der Waals surface area contributed by atoms with Gasteiger partial charge in [-0.1, -0.05) is 72.4 Å². The van der Waals surface area contributed by atoms with Crippen LogP contribution in [0.25, 0.3) is 0 Å². The normalized spacial score (nSPS) is 14.5. The van der Waals surface area contributed by atoms with Crippen molar-refractivity contribution in [2.24, 2.45) is 0 Å². The molecule has 8 nitrogen and oxygen atoms in total. The van der Waals surface area contributed by atoms with Crippen molar-refractivity contribution in [3.8, 4) is 5.75 Å². The van der Waals surface area contributed by atoms with E-state index < -0.39 is 28.5 Å². The number of carbonyl (C=O) groups is 2. The lowest BCUT2D eigenvalue weighted by molar-refractivity contribution is -0.140. The molecular weight excluding hydrogens is 618 g/mol. The molecule has 0 aliphatic heterocycles. The van der Waals surface area contributed by atoms with Gasteiger partial charge in [0.1, 0.15) is 18.3 Å². The molecule has 1 saturated carbocycles. The SMILES string of the molecule is CC[C@@H](C(=O)NC1CCCCC1)N(Cc1cccc(OC)c1)C(=O)CN(c1ccc(Br)cc1)S(=O)(=O)c1ccccc1. The maximum atomic E-state index is 14.2. The lowest BCUT2D eigenvalue weighted by Crippen LogP contribution is -2.54. The van der Waals surface area contributed by atoms with Crippen LogP contribution in [0.1, 0.15) is 51.0 Å². The van der Waals surface area contributed by atoms with Gasteiger partial charge in [-0.15, -0.1) is 0 Å². The fraction of sp³-hybridized carbons (Fsp3) is 0.375. The standard InChI is InChI=1S/C32H38BrN3O5S/c1-3-30(32(38)34-26-12-6-4-7-13-26)35(22-24-11-10-14-28(21-24)41-2)31(37)23-36(27-19-17-25(33)18-20-27)42(39,40)29-15-8-5-9-16-29/h5,8-11,14-21,26,30H,3-4,6-7,12-13,22-23H2,1-2H3,(H,34,38)/t30-/m0/s1. The zero-order valence-corrected chi connectivity index (χ0v) is 26.4. The summed E-state index contributed by atoms with van der Waals surface area (Å²) in [7, 11) is -2.54. The molecule has 2 amide bonds. The van der Waals surface area contributed by atoms with Gasteiger partial charge >= 0.3 is 0 Å². The third-order valence-electron chi connectivity index (χ3n) is 7.55. The molecule has 1 fully saturated rings. The minimum Gasteiger partial charge on any atom is -0.497 e. The average Bonchev–Trinajstić information content (AvgIpc) is 3.01. The molecule has 4 rings (SSSR count). The Morgan fingerprint density at radius 1 is 0.976 bits per heavy atom.